The fraction of sp³-hybridized carbons (Fsp3) is 0.350. The Hall–Kier alpha value is -2.79. The number of amides is 1. The number of ether oxygens (including phenoxy) is 2. The highest BCUT2D eigenvalue weighted by molar-refractivity contribution is 7.89. The highest BCUT2D eigenvalue weighted by Crippen LogP contribution is 2.35. The van der Waals surface area contributed by atoms with Crippen molar-refractivity contribution >= 4 is 15.9 Å². The summed E-state index contributed by atoms with van der Waals surface area (Å²) in [6.07, 6.45) is -4.64. The average molecular weight is 456 g/mol. The van der Waals surface area contributed by atoms with Crippen molar-refractivity contribution in [2.24, 2.45) is 0 Å². The fourth-order valence-corrected chi connectivity index (χ4v) is 4.99. The van der Waals surface area contributed by atoms with E-state index in [4.69, 9.17) is 9.47 Å². The fourth-order valence-electron chi connectivity index (χ4n) is 3.53. The van der Waals surface area contributed by atoms with E-state index in [2.05, 4.69) is 0 Å². The van der Waals surface area contributed by atoms with E-state index in [0.29, 0.717) is 36.3 Å². The zero-order valence-electron chi connectivity index (χ0n) is 16.3. The molecule has 4 rings (SSSR count). The molecule has 2 heterocycles. The van der Waals surface area contributed by atoms with Crippen molar-refractivity contribution in [2.45, 2.75) is 11.1 Å². The maximum absolute atomic E-state index is 13.0. The molecule has 1 saturated heterocycles. The van der Waals surface area contributed by atoms with E-state index in [1.54, 1.807) is 18.2 Å². The number of hydrogen-bond donors (Lipinski definition) is 0. The number of sulfonamides is 1. The summed E-state index contributed by atoms with van der Waals surface area (Å²) >= 11 is 0. The number of para-hydroxylation sites is 1. The van der Waals surface area contributed by atoms with E-state index in [-0.39, 0.29) is 32.1 Å². The smallest absolute Gasteiger partial charge is 0.416 e. The zero-order chi connectivity index (χ0) is 22.2. The third-order valence-corrected chi connectivity index (χ3v) is 7.02. The molecular weight excluding hydrogens is 437 g/mol. The van der Waals surface area contributed by atoms with Gasteiger partial charge in [0, 0.05) is 26.2 Å². The first-order chi connectivity index (χ1) is 14.7. The van der Waals surface area contributed by atoms with E-state index < -0.39 is 26.7 Å². The van der Waals surface area contributed by atoms with Gasteiger partial charge in [-0.25, -0.2) is 8.42 Å². The van der Waals surface area contributed by atoms with Gasteiger partial charge in [0.1, 0.15) is 13.2 Å². The van der Waals surface area contributed by atoms with Crippen LogP contribution in [0.15, 0.2) is 47.4 Å². The Kier molecular flexibility index (Phi) is 5.56. The second-order valence-electron chi connectivity index (χ2n) is 7.05. The van der Waals surface area contributed by atoms with E-state index in [9.17, 15) is 26.4 Å². The molecule has 0 atom stereocenters. The quantitative estimate of drug-likeness (QED) is 0.710. The van der Waals surface area contributed by atoms with Gasteiger partial charge in [0.15, 0.2) is 11.5 Å². The number of hydrogen-bond acceptors (Lipinski definition) is 5. The standard InChI is InChI=1S/C20H19F3N2O5S/c21-20(22,23)14-3-1-4-15(13-14)31(27,28)25-9-7-24(8-10-25)19(26)16-5-2-6-17-18(16)30-12-11-29-17/h1-6,13H,7-12H2. The van der Waals surface area contributed by atoms with E-state index in [0.717, 1.165) is 22.5 Å². The van der Waals surface area contributed by atoms with Gasteiger partial charge in [-0.1, -0.05) is 12.1 Å². The highest BCUT2D eigenvalue weighted by Gasteiger charge is 2.35. The second-order valence-corrected chi connectivity index (χ2v) is 8.99. The van der Waals surface area contributed by atoms with Crippen LogP contribution >= 0.6 is 0 Å². The summed E-state index contributed by atoms with van der Waals surface area (Å²) in [6, 6.07) is 8.63. The van der Waals surface area contributed by atoms with Gasteiger partial charge in [-0.2, -0.15) is 17.5 Å². The van der Waals surface area contributed by atoms with Crippen molar-refractivity contribution in [3.05, 3.63) is 53.6 Å². The number of carbonyl (C=O) groups excluding carboxylic acids is 1. The summed E-state index contributed by atoms with van der Waals surface area (Å²) < 4.78 is 76.6. The molecule has 31 heavy (non-hydrogen) atoms. The molecule has 2 aromatic rings. The van der Waals surface area contributed by atoms with Gasteiger partial charge in [-0.15, -0.1) is 0 Å². The van der Waals surface area contributed by atoms with Gasteiger partial charge in [0.2, 0.25) is 10.0 Å². The molecule has 0 saturated carbocycles. The topological polar surface area (TPSA) is 76.2 Å². The van der Waals surface area contributed by atoms with Gasteiger partial charge >= 0.3 is 6.18 Å². The van der Waals surface area contributed by atoms with Crippen LogP contribution in [0.25, 0.3) is 0 Å². The molecular formula is C20H19F3N2O5S. The second kappa shape index (κ2) is 8.04. The normalized spacial score (nSPS) is 17.5. The van der Waals surface area contributed by atoms with Gasteiger partial charge in [-0.05, 0) is 30.3 Å². The Morgan fingerprint density at radius 3 is 2.32 bits per heavy atom. The number of halogens is 3. The molecule has 0 spiro atoms. The van der Waals surface area contributed by atoms with Crippen LogP contribution in [0.3, 0.4) is 0 Å². The predicted molar refractivity (Wildman–Crippen MR) is 104 cm³/mol. The van der Waals surface area contributed by atoms with Gasteiger partial charge in [0.25, 0.3) is 5.91 Å². The van der Waals surface area contributed by atoms with Crippen LogP contribution in [0.5, 0.6) is 11.5 Å². The molecule has 1 amide bonds. The predicted octanol–water partition coefficient (Wildman–Crippen LogP) is 2.62. The lowest BCUT2D eigenvalue weighted by molar-refractivity contribution is -0.137. The molecule has 7 nitrogen and oxygen atoms in total. The summed E-state index contributed by atoms with van der Waals surface area (Å²) in [5.74, 6) is 0.513. The molecule has 2 aliphatic heterocycles. The minimum Gasteiger partial charge on any atom is -0.486 e. The van der Waals surface area contributed by atoms with Crippen molar-refractivity contribution in [1.82, 2.24) is 9.21 Å². The lowest BCUT2D eigenvalue weighted by atomic mass is 10.1. The highest BCUT2D eigenvalue weighted by atomic mass is 32.2. The largest absolute Gasteiger partial charge is 0.486 e. The number of benzene rings is 2. The summed E-state index contributed by atoms with van der Waals surface area (Å²) in [7, 11) is -4.12. The maximum atomic E-state index is 13.0. The first-order valence-corrected chi connectivity index (χ1v) is 11.0. The van der Waals surface area contributed by atoms with Crippen molar-refractivity contribution < 1.29 is 35.9 Å². The molecule has 1 fully saturated rings. The first kappa shape index (κ1) is 21.4. The van der Waals surface area contributed by atoms with E-state index in [1.165, 1.54) is 4.90 Å². The Morgan fingerprint density at radius 1 is 0.935 bits per heavy atom. The summed E-state index contributed by atoms with van der Waals surface area (Å²) in [5.41, 5.74) is -0.704. The zero-order valence-corrected chi connectivity index (χ0v) is 17.1. The van der Waals surface area contributed by atoms with Gasteiger partial charge in [0.05, 0.1) is 16.0 Å². The number of fused-ring (bicyclic) bond motifs is 1. The van der Waals surface area contributed by atoms with Crippen molar-refractivity contribution in [2.75, 3.05) is 39.4 Å². The van der Waals surface area contributed by atoms with Gasteiger partial charge < -0.3 is 14.4 Å². The number of piperazine rings is 1. The van der Waals surface area contributed by atoms with E-state index in [1.807, 2.05) is 0 Å². The van der Waals surface area contributed by atoms with Crippen LogP contribution in [-0.4, -0.2) is 62.9 Å². The number of nitrogens with zero attached hydrogens (tertiary/aromatic N) is 2. The summed E-state index contributed by atoms with van der Waals surface area (Å²) in [4.78, 5) is 14.0. The summed E-state index contributed by atoms with van der Waals surface area (Å²) in [5, 5.41) is 0. The number of alkyl halides is 3. The lowest BCUT2D eigenvalue weighted by Crippen LogP contribution is -2.50. The summed E-state index contributed by atoms with van der Waals surface area (Å²) in [6.45, 7) is 0.841. The molecule has 0 aliphatic carbocycles. The molecule has 0 N–H and O–H groups in total. The molecule has 2 aliphatic rings. The van der Waals surface area contributed by atoms with Crippen LogP contribution in [-0.2, 0) is 16.2 Å². The minimum absolute atomic E-state index is 0.0311. The SMILES string of the molecule is O=C(c1cccc2c1OCCO2)N1CCN(S(=O)(=O)c2cccc(C(F)(F)F)c2)CC1. The third kappa shape index (κ3) is 4.19. The molecule has 0 bridgehead atoms. The average Bonchev–Trinajstić information content (AvgIpc) is 2.78. The van der Waals surface area contributed by atoms with Gasteiger partial charge in [-0.3, -0.25) is 4.79 Å². The van der Waals surface area contributed by atoms with Crippen molar-refractivity contribution in [1.29, 1.82) is 0 Å². The minimum atomic E-state index is -4.64. The molecule has 0 aromatic heterocycles. The van der Waals surface area contributed by atoms with Crippen LogP contribution in [0.1, 0.15) is 15.9 Å². The van der Waals surface area contributed by atoms with Crippen LogP contribution in [0.2, 0.25) is 0 Å². The molecule has 11 heteroatoms. The van der Waals surface area contributed by atoms with Crippen LogP contribution < -0.4 is 9.47 Å². The van der Waals surface area contributed by atoms with Crippen LogP contribution in [0.4, 0.5) is 13.2 Å². The third-order valence-electron chi connectivity index (χ3n) is 5.12. The van der Waals surface area contributed by atoms with E-state index >= 15 is 0 Å². The Morgan fingerprint density at radius 2 is 1.61 bits per heavy atom. The van der Waals surface area contributed by atoms with Crippen LogP contribution in [0, 0.1) is 0 Å². The number of carbonyl (C=O) groups is 1. The monoisotopic (exact) mass is 456 g/mol. The lowest BCUT2D eigenvalue weighted by Gasteiger charge is -2.34. The Labute approximate surface area is 177 Å². The molecule has 166 valence electrons. The Balaban J connectivity index is 1.48. The number of rotatable bonds is 3. The molecule has 0 radical (unpaired) electrons. The molecule has 0 unspecified atom stereocenters. The van der Waals surface area contributed by atoms with Crippen molar-refractivity contribution in [3.63, 3.8) is 0 Å². The Bertz CT molecular complexity index is 1100. The van der Waals surface area contributed by atoms with Crippen molar-refractivity contribution in [3.8, 4) is 11.5 Å². The maximum Gasteiger partial charge on any atom is 0.416 e. The molecule has 2 aromatic carbocycles. The first-order valence-electron chi connectivity index (χ1n) is 9.53.